The minimum absolute atomic E-state index is 0.0742. The van der Waals surface area contributed by atoms with Gasteiger partial charge in [-0.15, -0.1) is 0 Å². The summed E-state index contributed by atoms with van der Waals surface area (Å²) in [7, 11) is 0. The van der Waals surface area contributed by atoms with Crippen molar-refractivity contribution in [3.63, 3.8) is 0 Å². The van der Waals surface area contributed by atoms with Crippen LogP contribution in [0.5, 0.6) is 0 Å². The molecule has 1 amide bonds. The molecule has 1 unspecified atom stereocenters. The second-order valence-electron chi connectivity index (χ2n) is 5.39. The monoisotopic (exact) mass is 312 g/mol. The van der Waals surface area contributed by atoms with Crippen LogP contribution in [0, 0.1) is 5.82 Å². The van der Waals surface area contributed by atoms with E-state index in [2.05, 4.69) is 10.3 Å². The van der Waals surface area contributed by atoms with Crippen LogP contribution in [0.4, 0.5) is 10.2 Å². The minimum Gasteiger partial charge on any atom is -0.342 e. The molecule has 21 heavy (non-hydrogen) atoms. The smallest absolute Gasteiger partial charge is 0.245 e. The van der Waals surface area contributed by atoms with Gasteiger partial charge in [-0.05, 0) is 18.9 Å². The van der Waals surface area contributed by atoms with Crippen LogP contribution in [0.3, 0.4) is 0 Å². The van der Waals surface area contributed by atoms with Crippen LogP contribution in [-0.2, 0) is 4.79 Å². The summed E-state index contributed by atoms with van der Waals surface area (Å²) >= 11 is 5.74. The van der Waals surface area contributed by atoms with E-state index in [4.69, 9.17) is 11.6 Å². The standard InChI is InChI=1S/C14H18ClFN4O/c15-10-8-11(16)13(18-9-10)20-5-1-2-12(20)14(21)19-6-3-17-4-7-19/h8-9,12,17H,1-7H2. The van der Waals surface area contributed by atoms with Crippen molar-refractivity contribution in [2.45, 2.75) is 18.9 Å². The number of rotatable bonds is 2. The van der Waals surface area contributed by atoms with Crippen LogP contribution >= 0.6 is 11.6 Å². The highest BCUT2D eigenvalue weighted by Gasteiger charge is 2.36. The van der Waals surface area contributed by atoms with Gasteiger partial charge >= 0.3 is 0 Å². The quantitative estimate of drug-likeness (QED) is 0.893. The molecule has 0 aromatic carbocycles. The largest absolute Gasteiger partial charge is 0.342 e. The summed E-state index contributed by atoms with van der Waals surface area (Å²) < 4.78 is 14.1. The highest BCUT2D eigenvalue weighted by Crippen LogP contribution is 2.28. The maximum atomic E-state index is 14.1. The molecule has 2 aliphatic rings. The number of halogens is 2. The lowest BCUT2D eigenvalue weighted by Gasteiger charge is -2.33. The first-order valence-corrected chi connectivity index (χ1v) is 7.62. The molecule has 7 heteroatoms. The molecule has 0 aliphatic carbocycles. The van der Waals surface area contributed by atoms with Gasteiger partial charge in [-0.3, -0.25) is 4.79 Å². The number of nitrogens with zero attached hydrogens (tertiary/aromatic N) is 3. The zero-order valence-corrected chi connectivity index (χ0v) is 12.4. The highest BCUT2D eigenvalue weighted by molar-refractivity contribution is 6.30. The topological polar surface area (TPSA) is 48.5 Å². The van der Waals surface area contributed by atoms with E-state index in [-0.39, 0.29) is 22.8 Å². The van der Waals surface area contributed by atoms with Gasteiger partial charge in [0.1, 0.15) is 6.04 Å². The molecule has 3 heterocycles. The molecular formula is C14H18ClFN4O. The number of nitrogens with one attached hydrogen (secondary N) is 1. The van der Waals surface area contributed by atoms with Crippen molar-refractivity contribution in [3.8, 4) is 0 Å². The number of piperazine rings is 1. The van der Waals surface area contributed by atoms with Crippen LogP contribution in [0.1, 0.15) is 12.8 Å². The molecule has 1 aromatic heterocycles. The zero-order chi connectivity index (χ0) is 14.8. The maximum absolute atomic E-state index is 14.1. The van der Waals surface area contributed by atoms with Crippen molar-refractivity contribution < 1.29 is 9.18 Å². The van der Waals surface area contributed by atoms with Crippen molar-refractivity contribution in [3.05, 3.63) is 23.1 Å². The average Bonchev–Trinajstić information content (AvgIpc) is 2.96. The van der Waals surface area contributed by atoms with Crippen molar-refractivity contribution in [1.29, 1.82) is 0 Å². The Balaban J connectivity index is 1.80. The molecule has 0 spiro atoms. The van der Waals surface area contributed by atoms with Crippen LogP contribution in [0.2, 0.25) is 5.02 Å². The summed E-state index contributed by atoms with van der Waals surface area (Å²) in [6.45, 7) is 3.69. The van der Waals surface area contributed by atoms with Gasteiger partial charge in [0.25, 0.3) is 0 Å². The Morgan fingerprint density at radius 1 is 1.38 bits per heavy atom. The van der Waals surface area contributed by atoms with Gasteiger partial charge in [-0.25, -0.2) is 9.37 Å². The van der Waals surface area contributed by atoms with Gasteiger partial charge in [0.15, 0.2) is 11.6 Å². The van der Waals surface area contributed by atoms with Crippen molar-refractivity contribution in [2.75, 3.05) is 37.6 Å². The van der Waals surface area contributed by atoms with Crippen molar-refractivity contribution in [1.82, 2.24) is 15.2 Å². The maximum Gasteiger partial charge on any atom is 0.245 e. The molecule has 114 valence electrons. The highest BCUT2D eigenvalue weighted by atomic mass is 35.5. The van der Waals surface area contributed by atoms with E-state index in [1.165, 1.54) is 12.3 Å². The van der Waals surface area contributed by atoms with Gasteiger partial charge < -0.3 is 15.1 Å². The molecule has 2 fully saturated rings. The molecular weight excluding hydrogens is 295 g/mol. The number of aromatic nitrogens is 1. The molecule has 1 atom stereocenters. The third-order valence-electron chi connectivity index (χ3n) is 4.03. The fourth-order valence-electron chi connectivity index (χ4n) is 2.99. The van der Waals surface area contributed by atoms with Gasteiger partial charge in [0, 0.05) is 38.9 Å². The Kier molecular flexibility index (Phi) is 4.26. The van der Waals surface area contributed by atoms with Gasteiger partial charge in [-0.1, -0.05) is 11.6 Å². The predicted molar refractivity (Wildman–Crippen MR) is 79.0 cm³/mol. The average molecular weight is 313 g/mol. The van der Waals surface area contributed by atoms with E-state index in [0.29, 0.717) is 19.6 Å². The second kappa shape index (κ2) is 6.15. The Bertz CT molecular complexity index is 536. The number of amides is 1. The third-order valence-corrected chi connectivity index (χ3v) is 4.23. The Morgan fingerprint density at radius 3 is 2.86 bits per heavy atom. The summed E-state index contributed by atoms with van der Waals surface area (Å²) in [6.07, 6.45) is 3.03. The molecule has 2 saturated heterocycles. The van der Waals surface area contributed by atoms with E-state index in [9.17, 15) is 9.18 Å². The van der Waals surface area contributed by atoms with Crippen LogP contribution in [-0.4, -0.2) is 54.6 Å². The summed E-state index contributed by atoms with van der Waals surface area (Å²) in [4.78, 5) is 20.3. The number of anilines is 1. The minimum atomic E-state index is -0.470. The number of carbonyl (C=O) groups excluding carboxylic acids is 1. The summed E-state index contributed by atoms with van der Waals surface area (Å²) in [6, 6.07) is 0.931. The van der Waals surface area contributed by atoms with Gasteiger partial charge in [-0.2, -0.15) is 0 Å². The fourth-order valence-corrected chi connectivity index (χ4v) is 3.14. The molecule has 0 radical (unpaired) electrons. The zero-order valence-electron chi connectivity index (χ0n) is 11.7. The summed E-state index contributed by atoms with van der Waals surface area (Å²) in [5.74, 6) is -0.168. The van der Waals surface area contributed by atoms with Crippen LogP contribution < -0.4 is 10.2 Å². The lowest BCUT2D eigenvalue weighted by Crippen LogP contribution is -2.52. The van der Waals surface area contributed by atoms with Crippen LogP contribution in [0.15, 0.2) is 12.3 Å². The molecule has 0 saturated carbocycles. The SMILES string of the molecule is O=C(C1CCCN1c1ncc(Cl)cc1F)N1CCNCC1. The first kappa shape index (κ1) is 14.5. The summed E-state index contributed by atoms with van der Waals surface area (Å²) in [5, 5.41) is 3.49. The summed E-state index contributed by atoms with van der Waals surface area (Å²) in [5.41, 5.74) is 0. The second-order valence-corrected chi connectivity index (χ2v) is 5.82. The molecule has 1 N–H and O–H groups in total. The molecule has 3 rings (SSSR count). The number of pyridine rings is 1. The fraction of sp³-hybridized carbons (Fsp3) is 0.571. The molecule has 1 aromatic rings. The third kappa shape index (κ3) is 2.96. The molecule has 2 aliphatic heterocycles. The van der Waals surface area contributed by atoms with Gasteiger partial charge in [0.2, 0.25) is 5.91 Å². The number of hydrogen-bond acceptors (Lipinski definition) is 4. The number of carbonyl (C=O) groups is 1. The Hall–Kier alpha value is -1.40. The van der Waals surface area contributed by atoms with E-state index < -0.39 is 5.82 Å². The van der Waals surface area contributed by atoms with Crippen molar-refractivity contribution >= 4 is 23.3 Å². The predicted octanol–water partition coefficient (Wildman–Crippen LogP) is 1.27. The number of hydrogen-bond donors (Lipinski definition) is 1. The van der Waals surface area contributed by atoms with Gasteiger partial charge in [0.05, 0.1) is 5.02 Å². The Morgan fingerprint density at radius 2 is 2.14 bits per heavy atom. The lowest BCUT2D eigenvalue weighted by molar-refractivity contribution is -0.133. The van der Waals surface area contributed by atoms with E-state index in [1.54, 1.807) is 4.90 Å². The molecule has 5 nitrogen and oxygen atoms in total. The van der Waals surface area contributed by atoms with E-state index >= 15 is 0 Å². The normalized spacial score (nSPS) is 22.7. The first-order valence-electron chi connectivity index (χ1n) is 7.24. The van der Waals surface area contributed by atoms with E-state index in [1.807, 2.05) is 4.90 Å². The Labute approximate surface area is 128 Å². The van der Waals surface area contributed by atoms with E-state index in [0.717, 1.165) is 25.9 Å². The van der Waals surface area contributed by atoms with Crippen molar-refractivity contribution in [2.24, 2.45) is 0 Å². The van der Waals surface area contributed by atoms with Crippen LogP contribution in [0.25, 0.3) is 0 Å². The lowest BCUT2D eigenvalue weighted by atomic mass is 10.1. The first-order chi connectivity index (χ1) is 10.2. The molecule has 0 bridgehead atoms.